The molecule has 0 saturated carbocycles. The number of aryl methyl sites for hydroxylation is 1. The SMILES string of the molecule is COC(=O)C1Cc2cc(OC)c(OC)cc2C(c2ccccc2)N1S(=O)(=O)c1ccc(C)cc1. The molecule has 1 aliphatic heterocycles. The molecule has 34 heavy (non-hydrogen) atoms. The van der Waals surface area contributed by atoms with Crippen LogP contribution in [0.15, 0.2) is 71.6 Å². The van der Waals surface area contributed by atoms with Gasteiger partial charge in [-0.25, -0.2) is 8.42 Å². The molecule has 3 aromatic rings. The minimum Gasteiger partial charge on any atom is -0.493 e. The van der Waals surface area contributed by atoms with Crippen LogP contribution in [0.3, 0.4) is 0 Å². The Morgan fingerprint density at radius 3 is 2.12 bits per heavy atom. The highest BCUT2D eigenvalue weighted by Crippen LogP contribution is 2.45. The summed E-state index contributed by atoms with van der Waals surface area (Å²) in [6, 6.07) is 17.6. The van der Waals surface area contributed by atoms with Gasteiger partial charge in [0.25, 0.3) is 0 Å². The molecule has 0 amide bonds. The monoisotopic (exact) mass is 481 g/mol. The molecule has 0 N–H and O–H groups in total. The number of ether oxygens (including phenoxy) is 3. The third-order valence-corrected chi connectivity index (χ3v) is 7.99. The fourth-order valence-electron chi connectivity index (χ4n) is 4.41. The maximum absolute atomic E-state index is 14.1. The van der Waals surface area contributed by atoms with Crippen molar-refractivity contribution in [1.82, 2.24) is 4.31 Å². The molecule has 7 nitrogen and oxygen atoms in total. The van der Waals surface area contributed by atoms with E-state index in [1.54, 1.807) is 36.4 Å². The Morgan fingerprint density at radius 1 is 0.912 bits per heavy atom. The molecule has 2 unspecified atom stereocenters. The maximum Gasteiger partial charge on any atom is 0.324 e. The third-order valence-electron chi connectivity index (χ3n) is 6.10. The van der Waals surface area contributed by atoms with Crippen LogP contribution in [0, 0.1) is 6.92 Å². The Balaban J connectivity index is 2.01. The van der Waals surface area contributed by atoms with E-state index in [1.165, 1.54) is 25.6 Å². The van der Waals surface area contributed by atoms with Crippen LogP contribution in [0.5, 0.6) is 11.5 Å². The van der Waals surface area contributed by atoms with Crippen molar-refractivity contribution in [3.63, 3.8) is 0 Å². The lowest BCUT2D eigenvalue weighted by Gasteiger charge is -2.41. The summed E-state index contributed by atoms with van der Waals surface area (Å²) < 4.78 is 45.4. The number of sulfonamides is 1. The molecule has 0 radical (unpaired) electrons. The first-order valence-electron chi connectivity index (χ1n) is 10.8. The molecule has 0 spiro atoms. The molecule has 0 saturated heterocycles. The van der Waals surface area contributed by atoms with Crippen LogP contribution in [0.1, 0.15) is 28.3 Å². The summed E-state index contributed by atoms with van der Waals surface area (Å²) >= 11 is 0. The summed E-state index contributed by atoms with van der Waals surface area (Å²) in [5, 5.41) is 0. The van der Waals surface area contributed by atoms with Crippen molar-refractivity contribution in [2.24, 2.45) is 0 Å². The molecule has 0 fully saturated rings. The minimum atomic E-state index is -4.10. The third kappa shape index (κ3) is 4.15. The molecule has 4 rings (SSSR count). The Kier molecular flexibility index (Phi) is 6.63. The van der Waals surface area contributed by atoms with Gasteiger partial charge in [-0.05, 0) is 47.9 Å². The van der Waals surface area contributed by atoms with E-state index in [1.807, 2.05) is 37.3 Å². The van der Waals surface area contributed by atoms with Crippen molar-refractivity contribution in [1.29, 1.82) is 0 Å². The van der Waals surface area contributed by atoms with Gasteiger partial charge in [-0.3, -0.25) is 4.79 Å². The highest BCUT2D eigenvalue weighted by Gasteiger charge is 2.47. The average molecular weight is 482 g/mol. The lowest BCUT2D eigenvalue weighted by atomic mass is 9.86. The van der Waals surface area contributed by atoms with Gasteiger partial charge >= 0.3 is 5.97 Å². The number of hydrogen-bond acceptors (Lipinski definition) is 6. The zero-order valence-corrected chi connectivity index (χ0v) is 20.3. The van der Waals surface area contributed by atoms with E-state index >= 15 is 0 Å². The van der Waals surface area contributed by atoms with Gasteiger partial charge in [0.1, 0.15) is 6.04 Å². The molecule has 1 heterocycles. The fourth-order valence-corrected chi connectivity index (χ4v) is 6.14. The number of benzene rings is 3. The van der Waals surface area contributed by atoms with Crippen molar-refractivity contribution in [2.75, 3.05) is 21.3 Å². The molecule has 0 bridgehead atoms. The highest BCUT2D eigenvalue weighted by molar-refractivity contribution is 7.89. The Bertz CT molecular complexity index is 1290. The second-order valence-corrected chi connectivity index (χ2v) is 9.95. The van der Waals surface area contributed by atoms with Crippen LogP contribution in [0.25, 0.3) is 0 Å². The number of esters is 1. The topological polar surface area (TPSA) is 82.1 Å². The zero-order valence-electron chi connectivity index (χ0n) is 19.5. The van der Waals surface area contributed by atoms with Gasteiger partial charge in [-0.2, -0.15) is 4.31 Å². The summed E-state index contributed by atoms with van der Waals surface area (Å²) in [6.07, 6.45) is 0.136. The predicted octanol–water partition coefficient (Wildman–Crippen LogP) is 3.89. The van der Waals surface area contributed by atoms with Gasteiger partial charge in [0.2, 0.25) is 10.0 Å². The van der Waals surface area contributed by atoms with E-state index in [0.717, 1.165) is 22.3 Å². The van der Waals surface area contributed by atoms with E-state index in [2.05, 4.69) is 0 Å². The standard InChI is InChI=1S/C26H27NO6S/c1-17-10-12-20(13-11-17)34(29,30)27-22(26(28)33-4)14-19-15-23(31-2)24(32-3)16-21(19)25(27)18-8-6-5-7-9-18/h5-13,15-16,22,25H,14H2,1-4H3. The van der Waals surface area contributed by atoms with Crippen molar-refractivity contribution >= 4 is 16.0 Å². The van der Waals surface area contributed by atoms with E-state index in [4.69, 9.17) is 14.2 Å². The molecule has 1 aliphatic rings. The van der Waals surface area contributed by atoms with Crippen LogP contribution in [-0.4, -0.2) is 46.1 Å². The van der Waals surface area contributed by atoms with Gasteiger partial charge < -0.3 is 14.2 Å². The van der Waals surface area contributed by atoms with Gasteiger partial charge in [-0.15, -0.1) is 0 Å². The van der Waals surface area contributed by atoms with Gasteiger partial charge in [0.05, 0.1) is 32.3 Å². The largest absolute Gasteiger partial charge is 0.493 e. The first-order valence-corrected chi connectivity index (χ1v) is 12.2. The van der Waals surface area contributed by atoms with Gasteiger partial charge in [0, 0.05) is 6.42 Å². The second-order valence-electron chi connectivity index (χ2n) is 8.11. The van der Waals surface area contributed by atoms with Crippen LogP contribution in [0.2, 0.25) is 0 Å². The predicted molar refractivity (Wildman–Crippen MR) is 128 cm³/mol. The number of hydrogen-bond donors (Lipinski definition) is 0. The summed E-state index contributed by atoms with van der Waals surface area (Å²) in [4.78, 5) is 13.1. The van der Waals surface area contributed by atoms with E-state index < -0.39 is 28.1 Å². The summed E-state index contributed by atoms with van der Waals surface area (Å²) in [5.41, 5.74) is 3.17. The molecule has 0 aromatic heterocycles. The molecule has 3 aromatic carbocycles. The van der Waals surface area contributed by atoms with Crippen LogP contribution >= 0.6 is 0 Å². The van der Waals surface area contributed by atoms with Crippen molar-refractivity contribution < 1.29 is 27.4 Å². The Hall–Kier alpha value is -3.36. The maximum atomic E-state index is 14.1. The van der Waals surface area contributed by atoms with E-state index in [9.17, 15) is 13.2 Å². The minimum absolute atomic E-state index is 0.108. The molecule has 2 atom stereocenters. The van der Waals surface area contributed by atoms with Gasteiger partial charge in [-0.1, -0.05) is 48.0 Å². The smallest absolute Gasteiger partial charge is 0.324 e. The summed E-state index contributed by atoms with van der Waals surface area (Å²) in [6.45, 7) is 1.89. The number of fused-ring (bicyclic) bond motifs is 1. The summed E-state index contributed by atoms with van der Waals surface area (Å²) in [5.74, 6) is 0.356. The van der Waals surface area contributed by atoms with Gasteiger partial charge in [0.15, 0.2) is 11.5 Å². The van der Waals surface area contributed by atoms with Crippen molar-refractivity contribution in [3.05, 3.63) is 89.0 Å². The zero-order chi connectivity index (χ0) is 24.5. The number of carbonyl (C=O) groups is 1. The Morgan fingerprint density at radius 2 is 1.53 bits per heavy atom. The normalized spacial score (nSPS) is 18.1. The first-order chi connectivity index (χ1) is 16.3. The van der Waals surface area contributed by atoms with Crippen LogP contribution in [0.4, 0.5) is 0 Å². The average Bonchev–Trinajstić information content (AvgIpc) is 2.86. The molecule has 178 valence electrons. The van der Waals surface area contributed by atoms with Crippen LogP contribution < -0.4 is 9.47 Å². The summed E-state index contributed by atoms with van der Waals surface area (Å²) in [7, 11) is 0.232. The second kappa shape index (κ2) is 9.48. The lowest BCUT2D eigenvalue weighted by molar-refractivity contribution is -0.145. The molecule has 0 aliphatic carbocycles. The van der Waals surface area contributed by atoms with Crippen molar-refractivity contribution in [2.45, 2.75) is 30.3 Å². The Labute approximate surface area is 199 Å². The van der Waals surface area contributed by atoms with Crippen molar-refractivity contribution in [3.8, 4) is 11.5 Å². The fraction of sp³-hybridized carbons (Fsp3) is 0.269. The lowest BCUT2D eigenvalue weighted by Crippen LogP contribution is -2.51. The van der Waals surface area contributed by atoms with E-state index in [-0.39, 0.29) is 11.3 Å². The molecule has 8 heteroatoms. The van der Waals surface area contributed by atoms with E-state index in [0.29, 0.717) is 11.5 Å². The molecular formula is C26H27NO6S. The highest BCUT2D eigenvalue weighted by atomic mass is 32.2. The number of rotatable bonds is 6. The molecular weight excluding hydrogens is 454 g/mol. The quantitative estimate of drug-likeness (QED) is 0.497. The van der Waals surface area contributed by atoms with Crippen LogP contribution in [-0.2, 0) is 26.0 Å². The number of nitrogens with zero attached hydrogens (tertiary/aromatic N) is 1. The number of methoxy groups -OCH3 is 3. The number of carbonyl (C=O) groups excluding carboxylic acids is 1. The first kappa shape index (κ1) is 23.8.